The van der Waals surface area contributed by atoms with E-state index in [0.29, 0.717) is 0 Å². The summed E-state index contributed by atoms with van der Waals surface area (Å²) < 4.78 is 0. The SMILES string of the molecule is Cc1cc(O)ccc1Nc1cc(-c2ccc(N)cc2)[nH]n1. The van der Waals surface area contributed by atoms with Crippen molar-refractivity contribution in [2.45, 2.75) is 6.92 Å². The van der Waals surface area contributed by atoms with Gasteiger partial charge in [0.25, 0.3) is 0 Å². The summed E-state index contributed by atoms with van der Waals surface area (Å²) in [5.41, 5.74) is 10.2. The number of nitrogens with one attached hydrogen (secondary N) is 2. The van der Waals surface area contributed by atoms with Crippen LogP contribution in [0.25, 0.3) is 11.3 Å². The highest BCUT2D eigenvalue weighted by atomic mass is 16.3. The van der Waals surface area contributed by atoms with Gasteiger partial charge >= 0.3 is 0 Å². The zero-order valence-corrected chi connectivity index (χ0v) is 11.6. The highest BCUT2D eigenvalue weighted by Crippen LogP contribution is 2.26. The topological polar surface area (TPSA) is 87.0 Å². The molecule has 0 bridgehead atoms. The van der Waals surface area contributed by atoms with E-state index in [1.807, 2.05) is 43.3 Å². The molecule has 21 heavy (non-hydrogen) atoms. The first-order valence-corrected chi connectivity index (χ1v) is 6.60. The third kappa shape index (κ3) is 2.81. The molecule has 0 amide bonds. The molecule has 0 aliphatic heterocycles. The zero-order chi connectivity index (χ0) is 14.8. The number of aryl methyl sites for hydroxylation is 1. The van der Waals surface area contributed by atoms with Crippen LogP contribution in [0.15, 0.2) is 48.5 Å². The molecule has 3 aromatic rings. The van der Waals surface area contributed by atoms with Crippen LogP contribution in [0, 0.1) is 6.92 Å². The Balaban J connectivity index is 1.83. The minimum atomic E-state index is 0.252. The highest BCUT2D eigenvalue weighted by Gasteiger charge is 2.05. The molecular formula is C16H16N4O. The Kier molecular flexibility index (Phi) is 3.23. The molecule has 0 radical (unpaired) electrons. The molecule has 0 unspecified atom stereocenters. The molecule has 0 saturated carbocycles. The van der Waals surface area contributed by atoms with Crippen LogP contribution in [-0.4, -0.2) is 15.3 Å². The predicted molar refractivity (Wildman–Crippen MR) is 84.6 cm³/mol. The van der Waals surface area contributed by atoms with Crippen LogP contribution in [0.2, 0.25) is 0 Å². The number of aromatic hydroxyl groups is 1. The summed E-state index contributed by atoms with van der Waals surface area (Å²) in [5.74, 6) is 0.971. The first-order valence-electron chi connectivity index (χ1n) is 6.60. The average Bonchev–Trinajstić information content (AvgIpc) is 2.91. The minimum Gasteiger partial charge on any atom is -0.508 e. The second-order valence-electron chi connectivity index (χ2n) is 4.91. The quantitative estimate of drug-likeness (QED) is 0.437. The molecule has 0 spiro atoms. The van der Waals surface area contributed by atoms with Crippen LogP contribution in [0.5, 0.6) is 5.75 Å². The van der Waals surface area contributed by atoms with Gasteiger partial charge in [-0.2, -0.15) is 5.10 Å². The first kappa shape index (κ1) is 13.1. The molecule has 5 heteroatoms. The van der Waals surface area contributed by atoms with Crippen molar-refractivity contribution in [1.29, 1.82) is 0 Å². The van der Waals surface area contributed by atoms with E-state index < -0.39 is 0 Å². The molecule has 1 aromatic heterocycles. The Hall–Kier alpha value is -2.95. The summed E-state index contributed by atoms with van der Waals surface area (Å²) in [7, 11) is 0. The number of nitrogens with two attached hydrogens (primary N) is 1. The van der Waals surface area contributed by atoms with Gasteiger partial charge in [0, 0.05) is 17.4 Å². The lowest BCUT2D eigenvalue weighted by Gasteiger charge is -2.06. The van der Waals surface area contributed by atoms with E-state index in [0.717, 1.165) is 34.0 Å². The van der Waals surface area contributed by atoms with E-state index in [9.17, 15) is 5.11 Å². The van der Waals surface area contributed by atoms with E-state index in [1.165, 1.54) is 0 Å². The number of hydrogen-bond acceptors (Lipinski definition) is 4. The van der Waals surface area contributed by atoms with Gasteiger partial charge in [0.15, 0.2) is 5.82 Å². The molecule has 3 rings (SSSR count). The fraction of sp³-hybridized carbons (Fsp3) is 0.0625. The van der Waals surface area contributed by atoms with E-state index >= 15 is 0 Å². The van der Waals surface area contributed by atoms with Crippen molar-refractivity contribution in [2.75, 3.05) is 11.1 Å². The number of hydrogen-bond donors (Lipinski definition) is 4. The second kappa shape index (κ2) is 5.20. The summed E-state index contributed by atoms with van der Waals surface area (Å²) in [5, 5.41) is 19.9. The van der Waals surface area contributed by atoms with Crippen molar-refractivity contribution < 1.29 is 5.11 Å². The van der Waals surface area contributed by atoms with Gasteiger partial charge in [-0.15, -0.1) is 0 Å². The van der Waals surface area contributed by atoms with Gasteiger partial charge in [-0.1, -0.05) is 12.1 Å². The van der Waals surface area contributed by atoms with E-state index in [2.05, 4.69) is 15.5 Å². The largest absolute Gasteiger partial charge is 0.508 e. The number of benzene rings is 2. The first-order chi connectivity index (χ1) is 10.1. The van der Waals surface area contributed by atoms with E-state index in [1.54, 1.807) is 12.1 Å². The number of nitrogens with zero attached hydrogens (tertiary/aromatic N) is 1. The summed E-state index contributed by atoms with van der Waals surface area (Å²) in [6.45, 7) is 1.93. The van der Waals surface area contributed by atoms with Crippen LogP contribution in [0.1, 0.15) is 5.56 Å². The lowest BCUT2D eigenvalue weighted by Crippen LogP contribution is -1.92. The third-order valence-electron chi connectivity index (χ3n) is 3.27. The van der Waals surface area contributed by atoms with Crippen LogP contribution >= 0.6 is 0 Å². The van der Waals surface area contributed by atoms with Crippen molar-refractivity contribution in [3.05, 3.63) is 54.1 Å². The average molecular weight is 280 g/mol. The normalized spacial score (nSPS) is 10.5. The lowest BCUT2D eigenvalue weighted by molar-refractivity contribution is 0.475. The molecule has 2 aromatic carbocycles. The van der Waals surface area contributed by atoms with Crippen LogP contribution in [-0.2, 0) is 0 Å². The summed E-state index contributed by atoms with van der Waals surface area (Å²) >= 11 is 0. The van der Waals surface area contributed by atoms with Gasteiger partial charge in [-0.05, 0) is 48.4 Å². The van der Waals surface area contributed by atoms with Crippen molar-refractivity contribution in [3.8, 4) is 17.0 Å². The van der Waals surface area contributed by atoms with Gasteiger partial charge in [-0.3, -0.25) is 5.10 Å². The summed E-state index contributed by atoms with van der Waals surface area (Å²) in [4.78, 5) is 0. The standard InChI is InChI=1S/C16H16N4O/c1-10-8-13(21)6-7-14(10)18-16-9-15(19-20-16)11-2-4-12(17)5-3-11/h2-9,21H,17H2,1H3,(H2,18,19,20). The Bertz CT molecular complexity index is 762. The fourth-order valence-electron chi connectivity index (χ4n) is 2.12. The number of nitrogen functional groups attached to an aromatic ring is 1. The number of phenols is 1. The fourth-order valence-corrected chi connectivity index (χ4v) is 2.12. The van der Waals surface area contributed by atoms with Crippen molar-refractivity contribution >= 4 is 17.2 Å². The molecule has 1 heterocycles. The lowest BCUT2D eigenvalue weighted by atomic mass is 10.1. The molecule has 0 saturated heterocycles. The maximum absolute atomic E-state index is 9.42. The van der Waals surface area contributed by atoms with E-state index in [-0.39, 0.29) is 5.75 Å². The highest BCUT2D eigenvalue weighted by molar-refractivity contribution is 5.68. The van der Waals surface area contributed by atoms with Crippen molar-refractivity contribution in [3.63, 3.8) is 0 Å². The molecule has 5 nitrogen and oxygen atoms in total. The van der Waals surface area contributed by atoms with Crippen LogP contribution in [0.3, 0.4) is 0 Å². The van der Waals surface area contributed by atoms with Crippen LogP contribution < -0.4 is 11.1 Å². The van der Waals surface area contributed by atoms with Gasteiger partial charge in [0.2, 0.25) is 0 Å². The summed E-state index contributed by atoms with van der Waals surface area (Å²) in [6.07, 6.45) is 0. The number of anilines is 3. The number of phenolic OH excluding ortho intramolecular Hbond substituents is 1. The van der Waals surface area contributed by atoms with Crippen LogP contribution in [0.4, 0.5) is 17.2 Å². The molecular weight excluding hydrogens is 264 g/mol. The van der Waals surface area contributed by atoms with E-state index in [4.69, 9.17) is 5.73 Å². The van der Waals surface area contributed by atoms with Gasteiger partial charge in [0.1, 0.15) is 5.75 Å². The number of aromatic amines is 1. The molecule has 0 fully saturated rings. The number of H-pyrrole nitrogens is 1. The smallest absolute Gasteiger partial charge is 0.152 e. The Morgan fingerprint density at radius 1 is 1.10 bits per heavy atom. The minimum absolute atomic E-state index is 0.252. The predicted octanol–water partition coefficient (Wildman–Crippen LogP) is 3.42. The summed E-state index contributed by atoms with van der Waals surface area (Å²) in [6, 6.07) is 14.7. The van der Waals surface area contributed by atoms with Gasteiger partial charge < -0.3 is 16.2 Å². The number of aromatic nitrogens is 2. The molecule has 0 atom stereocenters. The molecule has 5 N–H and O–H groups in total. The molecule has 0 aliphatic carbocycles. The monoisotopic (exact) mass is 280 g/mol. The van der Waals surface area contributed by atoms with Gasteiger partial charge in [-0.25, -0.2) is 0 Å². The second-order valence-corrected chi connectivity index (χ2v) is 4.91. The van der Waals surface area contributed by atoms with Crippen molar-refractivity contribution in [2.24, 2.45) is 0 Å². The molecule has 106 valence electrons. The Morgan fingerprint density at radius 3 is 2.57 bits per heavy atom. The van der Waals surface area contributed by atoms with Crippen molar-refractivity contribution in [1.82, 2.24) is 10.2 Å². The maximum Gasteiger partial charge on any atom is 0.152 e. The maximum atomic E-state index is 9.42. The molecule has 0 aliphatic rings. The number of rotatable bonds is 3. The Morgan fingerprint density at radius 2 is 1.86 bits per heavy atom. The Labute approximate surface area is 122 Å². The third-order valence-corrected chi connectivity index (χ3v) is 3.27. The van der Waals surface area contributed by atoms with Gasteiger partial charge in [0.05, 0.1) is 5.69 Å². The zero-order valence-electron chi connectivity index (χ0n) is 11.6.